The first-order valence-corrected chi connectivity index (χ1v) is 50.3. The molecule has 3 radical (unpaired) electrons. The molecule has 6 aliphatic heterocycles. The number of aromatic nitrogens is 6. The Bertz CT molecular complexity index is 5200. The van der Waals surface area contributed by atoms with Gasteiger partial charge in [-0.15, -0.1) is 0 Å². The zero-order chi connectivity index (χ0) is 93.4. The molecule has 19 rings (SSSR count). The number of hydrogen-bond donors (Lipinski definition) is 0. The van der Waals surface area contributed by atoms with Crippen molar-refractivity contribution >= 4 is 87.6 Å². The van der Waals surface area contributed by atoms with Crippen LogP contribution in [0.3, 0.4) is 0 Å². The van der Waals surface area contributed by atoms with E-state index in [0.717, 1.165) is 220 Å². The van der Waals surface area contributed by atoms with Crippen LogP contribution in [-0.4, -0.2) is 194 Å². The van der Waals surface area contributed by atoms with Gasteiger partial charge in [-0.2, -0.15) is 0 Å². The van der Waals surface area contributed by atoms with Crippen LogP contribution in [0.2, 0.25) is 0 Å². The van der Waals surface area contributed by atoms with E-state index in [1.807, 2.05) is 82.3 Å². The van der Waals surface area contributed by atoms with E-state index in [-0.39, 0.29) is 170 Å². The number of carbonyl (C=O) groups is 6. The van der Waals surface area contributed by atoms with E-state index in [0.29, 0.717) is 100 Å². The minimum Gasteiger partial charge on any atom is -0.540 e. The van der Waals surface area contributed by atoms with Crippen molar-refractivity contribution in [2.75, 3.05) is 41.0 Å². The van der Waals surface area contributed by atoms with Gasteiger partial charge in [0.1, 0.15) is 69.9 Å². The quantitative estimate of drug-likeness (QED) is 0.0737. The zero-order valence-corrected chi connectivity index (χ0v) is 85.6. The van der Waals surface area contributed by atoms with Gasteiger partial charge in [0.05, 0.1) is 111 Å². The summed E-state index contributed by atoms with van der Waals surface area (Å²) in [5.74, 6) is 1.76. The molecule has 136 heavy (non-hydrogen) atoms. The monoisotopic (exact) mass is 1980 g/mol. The molecule has 0 spiro atoms. The number of rotatable bonds is 9. The van der Waals surface area contributed by atoms with Crippen molar-refractivity contribution in [1.29, 1.82) is 0 Å². The largest absolute Gasteiger partial charge is 0.540 e. The standard InChI is InChI=1S/C36H46N3O6.C36H48N3O6.C34H44N3O6.3V/c1-21-30(20-40)39-19-32(21)45-34-28(37-27-12-11-23(43-3)17-29(27)38-34)10-6-4-5-9-24-25-15-22(25)16-31(24)44-33(41)18-26(35(39)42)36(2)13-7-8-14-36;1-23-30(22-40)39-21-31(23)44-33-28(37-27-15-14-25(43-4)19-29(27)38-33)13-7-5-6-11-24-12-10-18-36(24,3)45-32(41)20-26(34(39)42)35(2)16-8-9-17-35;1-21-28(20-38)37-19-29(21)42-31-26(35-25-13-12-23(41-4)16-27(25)36-31)11-7-5-6-10-22-18-34(22,3)43-30(39)17-24(32(37)40)33(2)14-8-9-15-33;;;/h11-12,17,21-22,24-26,30-32H,4-10,13-16,18-19H2,1-3H3;14-15,19,23-24,26,30-31H,5-13,16-18,20-21H2,1-4H3;12-13,16,21-22,24,28-29H,5-11,14-15,17-19H2,1-4H3;;;/q3*-1;;;/t21-,22?,24+,25?,26+,30+,31+,32-;23-,24+,26+,30+,31-,36+;21-,22+,24+,28+,29-,34+;;;/m000.../s1. The molecular formula is C106H138N9O18V3-3. The fraction of sp³-hybridized carbons (Fsp3) is 0.689. The first-order chi connectivity index (χ1) is 64.0. The average Bonchev–Trinajstić information content (AvgIpc) is 1.53. The third-order valence-corrected chi connectivity index (χ3v) is 34.2. The van der Waals surface area contributed by atoms with Gasteiger partial charge < -0.3 is 71.7 Å². The van der Waals surface area contributed by atoms with E-state index in [4.69, 9.17) is 72.5 Å². The molecule has 7 aliphatic carbocycles. The van der Waals surface area contributed by atoms with Crippen LogP contribution in [0.1, 0.15) is 284 Å². The van der Waals surface area contributed by atoms with Gasteiger partial charge in [0.2, 0.25) is 35.4 Å². The normalized spacial score (nSPS) is 32.8. The van der Waals surface area contributed by atoms with Crippen LogP contribution in [0, 0.1) is 81.3 Å². The van der Waals surface area contributed by atoms with Crippen LogP contribution in [0.15, 0.2) is 54.6 Å². The van der Waals surface area contributed by atoms with Crippen LogP contribution in [0.5, 0.6) is 34.9 Å². The van der Waals surface area contributed by atoms with Gasteiger partial charge >= 0.3 is 17.9 Å². The summed E-state index contributed by atoms with van der Waals surface area (Å²) in [4.78, 5) is 156. The number of hydrogen-bond acceptors (Lipinski definition) is 24. The number of ether oxygens (including phenoxy) is 9. The molecule has 10 fully saturated rings. The first kappa shape index (κ1) is 104. The Balaban J connectivity index is 0.000000162. The fourth-order valence-electron chi connectivity index (χ4n) is 25.3. The number of benzene rings is 3. The second kappa shape index (κ2) is 44.1. The molecule has 3 amide bonds. The van der Waals surface area contributed by atoms with Crippen LogP contribution in [0.25, 0.3) is 33.1 Å². The molecule has 20 atom stereocenters. The number of amides is 3. The number of esters is 3. The summed E-state index contributed by atoms with van der Waals surface area (Å²) in [5.41, 5.74) is 4.74. The Kier molecular flexibility index (Phi) is 33.7. The van der Waals surface area contributed by atoms with Gasteiger partial charge in [-0.3, -0.25) is 28.8 Å². The Morgan fingerprint density at radius 1 is 0.360 bits per heavy atom. The van der Waals surface area contributed by atoms with Crippen molar-refractivity contribution in [1.82, 2.24) is 44.6 Å². The van der Waals surface area contributed by atoms with Crippen LogP contribution in [0.4, 0.5) is 0 Å². The number of methoxy groups -OCH3 is 3. The SMILES string of the molecule is COc1ccc2nc3c(nc2c1)O[C@H]1CN(C(=O)[C@H](C2(C)CCCC2)CC(=O)O[C@@H]2CC4CC4[C@H]2CCCCC3)[C@H]([C-]=O)[C@@H]1C.COc1ccc2nc3c(nc2c1)O[C@H]1CN(C(=O)[C@H](C2(C)CCCC2)CC(=O)O[C@]2(C)CCC[C@H]2CCCCC3)[C@H]([C-]=O)[C@@H]1C.COc1ccc2nc3c(nc2c1)O[C@H]1CN(C(=O)[C@H](C2(C)CCCC2)CC(=O)O[C@]2(C)C[C@H]2CCCCC3)[C@H]([C-]=O)[C@@H]1C.[V].[V].[V]. The predicted octanol–water partition coefficient (Wildman–Crippen LogP) is 17.1. The molecule has 27 nitrogen and oxygen atoms in total. The van der Waals surface area contributed by atoms with Crippen LogP contribution < -0.4 is 28.4 Å². The first-order valence-electron chi connectivity index (χ1n) is 50.3. The summed E-state index contributed by atoms with van der Waals surface area (Å²) in [6.07, 6.45) is 36.7. The molecular weight excluding hydrogens is 1840 g/mol. The van der Waals surface area contributed by atoms with Crippen molar-refractivity contribution in [2.24, 2.45) is 81.3 Å². The summed E-state index contributed by atoms with van der Waals surface area (Å²) >= 11 is 0. The van der Waals surface area contributed by atoms with Crippen molar-refractivity contribution in [3.63, 3.8) is 0 Å². The summed E-state index contributed by atoms with van der Waals surface area (Å²) in [7, 11) is 4.86. The van der Waals surface area contributed by atoms with E-state index in [1.54, 1.807) is 36.0 Å². The fourth-order valence-corrected chi connectivity index (χ4v) is 25.3. The van der Waals surface area contributed by atoms with Crippen LogP contribution >= 0.6 is 0 Å². The van der Waals surface area contributed by atoms with Gasteiger partial charge in [0.15, 0.2) is 0 Å². The maximum absolute atomic E-state index is 14.5. The molecule has 7 saturated carbocycles. The van der Waals surface area contributed by atoms with E-state index in [2.05, 4.69) is 46.6 Å². The summed E-state index contributed by atoms with van der Waals surface area (Å²) in [6, 6.07) is 14.6. The molecule has 2 unspecified atom stereocenters. The number of aryl methyl sites for hydroxylation is 3. The number of nitrogens with zero attached hydrogens (tertiary/aromatic N) is 9. The minimum atomic E-state index is -0.776. The third-order valence-electron chi connectivity index (χ3n) is 34.2. The van der Waals surface area contributed by atoms with E-state index in [1.165, 1.54) is 6.42 Å². The van der Waals surface area contributed by atoms with E-state index < -0.39 is 65.4 Å². The Morgan fingerprint density at radius 3 is 1.07 bits per heavy atom. The van der Waals surface area contributed by atoms with Gasteiger partial charge in [0.25, 0.3) is 0 Å². The second-order valence-electron chi connectivity index (χ2n) is 43.0. The third kappa shape index (κ3) is 22.2. The average molecular weight is 1980 g/mol. The molecule has 9 heterocycles. The predicted molar refractivity (Wildman–Crippen MR) is 497 cm³/mol. The Labute approximate surface area is 837 Å². The van der Waals surface area contributed by atoms with Gasteiger partial charge in [-0.25, -0.2) is 48.8 Å². The number of fused-ring (bicyclic) bond motifs is 17. The second-order valence-corrected chi connectivity index (χ2v) is 43.0. The van der Waals surface area contributed by atoms with Gasteiger partial charge in [0, 0.05) is 79.8 Å². The summed E-state index contributed by atoms with van der Waals surface area (Å²) in [6.45, 7) is 16.9. The van der Waals surface area contributed by atoms with E-state index >= 15 is 0 Å². The molecule has 0 N–H and O–H groups in total. The molecule has 13 aliphatic rings. The molecule has 733 valence electrons. The molecule has 3 aromatic heterocycles. The van der Waals surface area contributed by atoms with Gasteiger partial charge in [-0.05, 0) is 243 Å². The molecule has 6 bridgehead atoms. The summed E-state index contributed by atoms with van der Waals surface area (Å²) in [5, 5.41) is 0. The maximum Gasteiger partial charge on any atom is 0.307 e. The van der Waals surface area contributed by atoms with Crippen molar-refractivity contribution in [3.05, 3.63) is 71.7 Å². The maximum atomic E-state index is 14.5. The summed E-state index contributed by atoms with van der Waals surface area (Å²) < 4.78 is 54.6. The van der Waals surface area contributed by atoms with E-state index in [9.17, 15) is 43.2 Å². The molecule has 6 aromatic rings. The van der Waals surface area contributed by atoms with Crippen molar-refractivity contribution in [2.45, 2.75) is 340 Å². The Morgan fingerprint density at radius 2 is 0.706 bits per heavy atom. The molecule has 3 saturated heterocycles. The topological polar surface area (TPSA) is 324 Å². The molecule has 3 aromatic carbocycles. The van der Waals surface area contributed by atoms with Crippen molar-refractivity contribution < 1.29 is 141 Å². The molecule has 30 heteroatoms. The van der Waals surface area contributed by atoms with Crippen molar-refractivity contribution in [3.8, 4) is 34.9 Å². The minimum absolute atomic E-state index is 0. The number of carbonyl (C=O) groups excluding carboxylic acids is 9. The Hall–Kier alpha value is -7.94. The zero-order valence-electron chi connectivity index (χ0n) is 81.4. The van der Waals surface area contributed by atoms with Gasteiger partial charge in [-0.1, -0.05) is 137 Å². The van der Waals surface area contributed by atoms with Crippen LogP contribution in [-0.2, 0) is 132 Å². The smallest absolute Gasteiger partial charge is 0.307 e.